The number of benzene rings is 2. The first-order valence-electron chi connectivity index (χ1n) is 10.2. The molecule has 0 fully saturated rings. The number of fused-ring (bicyclic) bond motifs is 1. The Hall–Kier alpha value is -2.47. The largest absolute Gasteiger partial charge is 0.492 e. The maximum absolute atomic E-state index is 13.4. The zero-order chi connectivity index (χ0) is 21.8. The van der Waals surface area contributed by atoms with E-state index < -0.39 is 5.97 Å². The van der Waals surface area contributed by atoms with Crippen LogP contribution in [-0.4, -0.2) is 35.7 Å². The molecule has 1 heterocycles. The van der Waals surface area contributed by atoms with Gasteiger partial charge in [-0.05, 0) is 32.3 Å². The van der Waals surface area contributed by atoms with E-state index in [1.807, 2.05) is 31.2 Å². The minimum Gasteiger partial charge on any atom is -0.492 e. The molecule has 160 valence electrons. The number of carbonyl (C=O) groups excluding carboxylic acids is 2. The molecule has 2 aromatic rings. The van der Waals surface area contributed by atoms with Crippen LogP contribution in [0.5, 0.6) is 11.5 Å². The third kappa shape index (κ3) is 4.98. The fourth-order valence-corrected chi connectivity index (χ4v) is 4.31. The van der Waals surface area contributed by atoms with Crippen molar-refractivity contribution >= 4 is 34.3 Å². The van der Waals surface area contributed by atoms with Crippen molar-refractivity contribution in [3.63, 3.8) is 0 Å². The van der Waals surface area contributed by atoms with Gasteiger partial charge in [0.2, 0.25) is 0 Å². The summed E-state index contributed by atoms with van der Waals surface area (Å²) in [7, 11) is 0. The number of thioether (sulfide) groups is 1. The van der Waals surface area contributed by atoms with Crippen LogP contribution in [0.25, 0.3) is 10.8 Å². The first-order valence-corrected chi connectivity index (χ1v) is 11.2. The van der Waals surface area contributed by atoms with Crippen molar-refractivity contribution in [2.75, 3.05) is 19.0 Å². The van der Waals surface area contributed by atoms with Crippen LogP contribution in [0.4, 0.5) is 0 Å². The average Bonchev–Trinajstić information content (AvgIpc) is 3.00. The van der Waals surface area contributed by atoms with E-state index in [1.54, 1.807) is 17.8 Å². The first-order chi connectivity index (χ1) is 14.3. The number of hydrogen-bond donors (Lipinski definition) is 0. The monoisotopic (exact) mass is 427 g/mol. The van der Waals surface area contributed by atoms with Crippen molar-refractivity contribution < 1.29 is 19.1 Å². The van der Waals surface area contributed by atoms with Crippen molar-refractivity contribution in [2.24, 2.45) is 5.92 Å². The quantitative estimate of drug-likeness (QED) is 0.309. The first kappa shape index (κ1) is 22.2. The van der Waals surface area contributed by atoms with E-state index in [0.29, 0.717) is 29.6 Å². The van der Waals surface area contributed by atoms with Crippen LogP contribution in [0.2, 0.25) is 0 Å². The number of nitrogens with zero attached hydrogens (tertiary/aromatic N) is 1. The van der Waals surface area contributed by atoms with Gasteiger partial charge in [0.15, 0.2) is 5.78 Å². The van der Waals surface area contributed by atoms with Crippen molar-refractivity contribution in [3.05, 3.63) is 46.5 Å². The van der Waals surface area contributed by atoms with E-state index in [4.69, 9.17) is 9.47 Å². The van der Waals surface area contributed by atoms with Gasteiger partial charge in [0.1, 0.15) is 11.5 Å². The molecule has 30 heavy (non-hydrogen) atoms. The highest BCUT2D eigenvalue weighted by atomic mass is 32.2. The Morgan fingerprint density at radius 2 is 1.87 bits per heavy atom. The summed E-state index contributed by atoms with van der Waals surface area (Å²) in [5.41, 5.74) is 1.58. The third-order valence-corrected chi connectivity index (χ3v) is 6.38. The Morgan fingerprint density at radius 1 is 1.17 bits per heavy atom. The van der Waals surface area contributed by atoms with Gasteiger partial charge in [0.05, 0.1) is 24.6 Å². The number of rotatable bonds is 8. The van der Waals surface area contributed by atoms with Gasteiger partial charge in [-0.15, -0.1) is 11.8 Å². The van der Waals surface area contributed by atoms with E-state index in [-0.39, 0.29) is 12.3 Å². The summed E-state index contributed by atoms with van der Waals surface area (Å²) >= 11 is 1.74. The molecular weight excluding hydrogens is 398 g/mol. The molecule has 0 saturated carbocycles. The average molecular weight is 428 g/mol. The molecule has 0 spiro atoms. The number of ether oxygens (including phenoxy) is 2. The molecule has 1 aliphatic heterocycles. The van der Waals surface area contributed by atoms with Crippen LogP contribution in [0.15, 0.2) is 40.9 Å². The molecule has 3 rings (SSSR count). The molecule has 0 radical (unpaired) electrons. The SMILES string of the molecule is CC(=O)Oc1cc(C(=O)CN2CSC(C)=C2C)c(OCCC(C)C)c2ccccc12. The van der Waals surface area contributed by atoms with E-state index in [1.165, 1.54) is 11.8 Å². The van der Waals surface area contributed by atoms with Crippen molar-refractivity contribution in [1.29, 1.82) is 0 Å². The van der Waals surface area contributed by atoms with E-state index >= 15 is 0 Å². The standard InChI is InChI=1S/C24H29NO4S/c1-15(2)10-11-28-24-20-9-7-6-8-19(20)23(29-18(5)26)12-21(24)22(27)13-25-14-30-17(4)16(25)3/h6-9,12,15H,10-11,13-14H2,1-5H3. The molecule has 0 amide bonds. The zero-order valence-corrected chi connectivity index (χ0v) is 19.1. The maximum atomic E-state index is 13.4. The van der Waals surface area contributed by atoms with Crippen LogP contribution < -0.4 is 9.47 Å². The maximum Gasteiger partial charge on any atom is 0.308 e. The highest BCUT2D eigenvalue weighted by Gasteiger charge is 2.25. The molecule has 1 aliphatic rings. The third-order valence-electron chi connectivity index (χ3n) is 5.21. The highest BCUT2D eigenvalue weighted by molar-refractivity contribution is 8.03. The van der Waals surface area contributed by atoms with Gasteiger partial charge in [-0.2, -0.15) is 0 Å². The van der Waals surface area contributed by atoms with Gasteiger partial charge in [-0.25, -0.2) is 0 Å². The summed E-state index contributed by atoms with van der Waals surface area (Å²) in [6.07, 6.45) is 0.886. The summed E-state index contributed by atoms with van der Waals surface area (Å²) < 4.78 is 11.6. The van der Waals surface area contributed by atoms with Gasteiger partial charge < -0.3 is 14.4 Å². The molecule has 0 aromatic heterocycles. The van der Waals surface area contributed by atoms with E-state index in [2.05, 4.69) is 25.7 Å². The summed E-state index contributed by atoms with van der Waals surface area (Å²) in [5.74, 6) is 1.74. The Balaban J connectivity index is 2.04. The lowest BCUT2D eigenvalue weighted by Crippen LogP contribution is -2.26. The molecule has 0 saturated heterocycles. The Morgan fingerprint density at radius 3 is 2.47 bits per heavy atom. The molecular formula is C24H29NO4S. The van der Waals surface area contributed by atoms with Crippen LogP contribution in [0, 0.1) is 5.92 Å². The number of esters is 1. The minimum absolute atomic E-state index is 0.0525. The minimum atomic E-state index is -0.419. The Labute approximate surface area is 182 Å². The molecule has 0 atom stereocenters. The number of hydrogen-bond acceptors (Lipinski definition) is 6. The van der Waals surface area contributed by atoms with Crippen LogP contribution in [0.3, 0.4) is 0 Å². The normalized spacial score (nSPS) is 14.0. The predicted molar refractivity (Wildman–Crippen MR) is 122 cm³/mol. The van der Waals surface area contributed by atoms with Crippen LogP contribution in [0.1, 0.15) is 51.4 Å². The summed E-state index contributed by atoms with van der Waals surface area (Å²) in [5, 5.41) is 1.54. The second-order valence-corrected chi connectivity index (χ2v) is 9.12. The lowest BCUT2D eigenvalue weighted by Gasteiger charge is -2.21. The zero-order valence-electron chi connectivity index (χ0n) is 18.3. The van der Waals surface area contributed by atoms with Gasteiger partial charge in [-0.1, -0.05) is 38.1 Å². The Kier molecular flexibility index (Phi) is 7.08. The highest BCUT2D eigenvalue weighted by Crippen LogP contribution is 2.38. The lowest BCUT2D eigenvalue weighted by molar-refractivity contribution is -0.131. The fraction of sp³-hybridized carbons (Fsp3) is 0.417. The topological polar surface area (TPSA) is 55.8 Å². The predicted octanol–water partition coefficient (Wildman–Crippen LogP) is 5.63. The number of carbonyl (C=O) groups is 2. The molecule has 0 unspecified atom stereocenters. The number of Topliss-reactive ketones (excluding diaryl/α,β-unsaturated/α-hetero) is 1. The van der Waals surface area contributed by atoms with Crippen molar-refractivity contribution in [3.8, 4) is 11.5 Å². The molecule has 0 aliphatic carbocycles. The van der Waals surface area contributed by atoms with Crippen molar-refractivity contribution in [1.82, 2.24) is 4.90 Å². The van der Waals surface area contributed by atoms with E-state index in [0.717, 1.165) is 28.8 Å². The van der Waals surface area contributed by atoms with Gasteiger partial charge in [0.25, 0.3) is 0 Å². The molecule has 2 aromatic carbocycles. The van der Waals surface area contributed by atoms with Crippen LogP contribution >= 0.6 is 11.8 Å². The van der Waals surface area contributed by atoms with Gasteiger partial charge >= 0.3 is 5.97 Å². The summed E-state index contributed by atoms with van der Waals surface area (Å²) in [4.78, 5) is 28.3. The number of ketones is 1. The second kappa shape index (κ2) is 9.56. The molecule has 6 heteroatoms. The second-order valence-electron chi connectivity index (χ2n) is 7.96. The summed E-state index contributed by atoms with van der Waals surface area (Å²) in [6, 6.07) is 9.23. The van der Waals surface area contributed by atoms with Gasteiger partial charge in [0, 0.05) is 28.3 Å². The fourth-order valence-electron chi connectivity index (χ4n) is 3.34. The molecule has 0 bridgehead atoms. The smallest absolute Gasteiger partial charge is 0.308 e. The molecule has 5 nitrogen and oxygen atoms in total. The van der Waals surface area contributed by atoms with Gasteiger partial charge in [-0.3, -0.25) is 9.59 Å². The molecule has 0 N–H and O–H groups in total. The Bertz CT molecular complexity index is 996. The lowest BCUT2D eigenvalue weighted by atomic mass is 10.0. The van der Waals surface area contributed by atoms with Crippen LogP contribution in [-0.2, 0) is 4.79 Å². The van der Waals surface area contributed by atoms with E-state index in [9.17, 15) is 9.59 Å². The number of allylic oxidation sites excluding steroid dienone is 2. The summed E-state index contributed by atoms with van der Waals surface area (Å²) in [6.45, 7) is 10.5. The van der Waals surface area contributed by atoms with Crippen molar-refractivity contribution in [2.45, 2.75) is 41.0 Å².